The second kappa shape index (κ2) is 15.9. The predicted molar refractivity (Wildman–Crippen MR) is 317 cm³/mol. The molecule has 0 aromatic heterocycles. The van der Waals surface area contributed by atoms with Gasteiger partial charge in [0.1, 0.15) is 0 Å². The van der Waals surface area contributed by atoms with E-state index < -0.39 is 0 Å². The monoisotopic (exact) mass is 945 g/mol. The van der Waals surface area contributed by atoms with Gasteiger partial charge < -0.3 is 0 Å². The number of allylic oxidation sites excluding steroid dienone is 9. The summed E-state index contributed by atoms with van der Waals surface area (Å²) >= 11 is 0. The first-order valence-electron chi connectivity index (χ1n) is 27.3. The third-order valence-corrected chi connectivity index (χ3v) is 17.1. The number of benzene rings is 7. The van der Waals surface area contributed by atoms with Crippen molar-refractivity contribution in [2.24, 2.45) is 16.7 Å². The van der Waals surface area contributed by atoms with E-state index in [-0.39, 0.29) is 32.5 Å². The van der Waals surface area contributed by atoms with Crippen molar-refractivity contribution in [1.29, 1.82) is 0 Å². The minimum Gasteiger partial charge on any atom is -0.0770 e. The maximum absolute atomic E-state index is 2.68. The molecule has 0 heterocycles. The van der Waals surface area contributed by atoms with Crippen LogP contribution in [0.4, 0.5) is 0 Å². The fourth-order valence-electron chi connectivity index (χ4n) is 12.5. The van der Waals surface area contributed by atoms with Crippen LogP contribution in [0.2, 0.25) is 0 Å². The normalized spacial score (nSPS) is 20.3. The highest BCUT2D eigenvalue weighted by atomic mass is 14.4. The Morgan fingerprint density at radius 1 is 0.375 bits per heavy atom. The van der Waals surface area contributed by atoms with E-state index >= 15 is 0 Å². The van der Waals surface area contributed by atoms with E-state index in [1.165, 1.54) is 132 Å². The Hall–Kier alpha value is -5.72. The zero-order valence-corrected chi connectivity index (χ0v) is 47.2. The molecule has 1 atom stereocenters. The van der Waals surface area contributed by atoms with Crippen molar-refractivity contribution in [3.8, 4) is 33.4 Å². The van der Waals surface area contributed by atoms with Crippen LogP contribution in [0, 0.1) is 16.7 Å². The van der Waals surface area contributed by atoms with E-state index in [9.17, 15) is 0 Å². The van der Waals surface area contributed by atoms with Crippen molar-refractivity contribution >= 4 is 49.2 Å². The predicted octanol–water partition coefficient (Wildman–Crippen LogP) is 21.0. The van der Waals surface area contributed by atoms with E-state index in [1.54, 1.807) is 5.57 Å². The SMILES string of the molecule is CC(C)(C)C1=C/C/C=C(C(C)(C)C)\C=C2/C/C(=C\1)C1=Cc3c(-c4cc(C(C)(C)C)cc5ccc(C(C)(C)C)cc45)cc4c(ccc5cc6c(cc54)-c4cc(C(C)(C)C)cc5cc(C(C)(C)C)cc-6c45)c3CC12. The molecule has 0 nitrogen and oxygen atoms in total. The largest absolute Gasteiger partial charge is 0.0770 e. The van der Waals surface area contributed by atoms with Gasteiger partial charge >= 0.3 is 0 Å². The van der Waals surface area contributed by atoms with E-state index in [0.717, 1.165) is 19.3 Å². The lowest BCUT2D eigenvalue weighted by molar-refractivity contribution is 0.510. The van der Waals surface area contributed by atoms with Gasteiger partial charge in [0.15, 0.2) is 0 Å². The Morgan fingerprint density at radius 2 is 0.889 bits per heavy atom. The highest BCUT2D eigenvalue weighted by Gasteiger charge is 2.38. The van der Waals surface area contributed by atoms with Crippen LogP contribution in [0.3, 0.4) is 0 Å². The van der Waals surface area contributed by atoms with Gasteiger partial charge in [-0.25, -0.2) is 0 Å². The second-order valence-corrected chi connectivity index (χ2v) is 28.7. The van der Waals surface area contributed by atoms with Crippen LogP contribution in [0.1, 0.15) is 171 Å². The highest BCUT2D eigenvalue weighted by molar-refractivity contribution is 6.21. The average molecular weight is 945 g/mol. The molecular formula is C72H80. The molecule has 0 saturated heterocycles. The molecule has 0 radical (unpaired) electrons. The molecular weight excluding hydrogens is 865 g/mol. The molecule has 7 aromatic carbocycles. The zero-order chi connectivity index (χ0) is 51.6. The van der Waals surface area contributed by atoms with Crippen LogP contribution in [0.5, 0.6) is 0 Å². The van der Waals surface area contributed by atoms with Crippen LogP contribution in [0.25, 0.3) is 82.5 Å². The van der Waals surface area contributed by atoms with Crippen molar-refractivity contribution in [3.05, 3.63) is 170 Å². The summed E-state index contributed by atoms with van der Waals surface area (Å²) in [7, 11) is 0. The fourth-order valence-corrected chi connectivity index (χ4v) is 12.5. The standard InChI is InChI=1S/C72H80/c1-67(2,3)46-20-19-21-47(68(4,5)6)29-44-26-43(28-46)55-38-60-52-25-23-42-32-57-63(65-36-51(72(16,17)18)31-45-30-50(71(13,14)15)35-64(57)66(45)65)37-54(42)59(52)40-62(61(60)39-56(44)55)58-34-49(70(10,11)12)27-41-22-24-48(33-53(41)58)69(7,8)9/h20-25,27-37,39-40,55H,19,26,38H2,1-18H3/b43-28+,44-29+,46-20+,47-21+. The van der Waals surface area contributed by atoms with Crippen molar-refractivity contribution in [1.82, 2.24) is 0 Å². The topological polar surface area (TPSA) is 0 Å². The lowest BCUT2D eigenvalue weighted by Gasteiger charge is -2.29. The molecule has 1 saturated carbocycles. The fraction of sp³-hybridized carbons (Fsp3) is 0.389. The van der Waals surface area contributed by atoms with Crippen LogP contribution >= 0.6 is 0 Å². The molecule has 0 N–H and O–H groups in total. The van der Waals surface area contributed by atoms with Crippen molar-refractivity contribution < 1.29 is 0 Å². The summed E-state index contributed by atoms with van der Waals surface area (Å²) in [5, 5.41) is 10.8. The summed E-state index contributed by atoms with van der Waals surface area (Å²) in [6, 6.07) is 35.1. The smallest absolute Gasteiger partial charge is 0.00986 e. The molecule has 4 aliphatic carbocycles. The minimum atomic E-state index is -0.0323. The van der Waals surface area contributed by atoms with Gasteiger partial charge in [-0.2, -0.15) is 0 Å². The molecule has 2 bridgehead atoms. The van der Waals surface area contributed by atoms with Crippen LogP contribution in [-0.2, 0) is 28.1 Å². The Morgan fingerprint density at radius 3 is 1.47 bits per heavy atom. The molecule has 11 rings (SSSR count). The Labute approximate surface area is 433 Å². The summed E-state index contributed by atoms with van der Waals surface area (Å²) in [6.07, 6.45) is 15.8. The molecule has 0 spiro atoms. The highest BCUT2D eigenvalue weighted by Crippen LogP contribution is 2.55. The van der Waals surface area contributed by atoms with Crippen LogP contribution < -0.4 is 0 Å². The quantitative estimate of drug-likeness (QED) is 0.144. The molecule has 1 unspecified atom stereocenters. The maximum Gasteiger partial charge on any atom is 0.00986 e. The first-order valence-corrected chi connectivity index (χ1v) is 27.3. The van der Waals surface area contributed by atoms with Crippen LogP contribution in [-0.4, -0.2) is 0 Å². The molecule has 1 fully saturated rings. The first-order chi connectivity index (χ1) is 33.4. The maximum atomic E-state index is 2.68. The average Bonchev–Trinajstić information content (AvgIpc) is 3.77. The van der Waals surface area contributed by atoms with E-state index in [4.69, 9.17) is 0 Å². The van der Waals surface area contributed by atoms with Crippen molar-refractivity contribution in [2.75, 3.05) is 0 Å². The van der Waals surface area contributed by atoms with Gasteiger partial charge in [-0.15, -0.1) is 0 Å². The number of hydrogen-bond donors (Lipinski definition) is 0. The second-order valence-electron chi connectivity index (χ2n) is 28.7. The Kier molecular flexibility index (Phi) is 10.7. The summed E-state index contributed by atoms with van der Waals surface area (Å²) in [5.74, 6) is 0.313. The van der Waals surface area contributed by atoms with Gasteiger partial charge in [0, 0.05) is 5.92 Å². The van der Waals surface area contributed by atoms with Gasteiger partial charge in [-0.05, 0) is 226 Å². The van der Waals surface area contributed by atoms with E-state index in [1.807, 2.05) is 0 Å². The van der Waals surface area contributed by atoms with E-state index in [2.05, 4.69) is 240 Å². The van der Waals surface area contributed by atoms with Gasteiger partial charge in [0.05, 0.1) is 0 Å². The van der Waals surface area contributed by atoms with Gasteiger partial charge in [-0.1, -0.05) is 203 Å². The molecule has 368 valence electrons. The summed E-state index contributed by atoms with van der Waals surface area (Å²) in [6.45, 7) is 42.7. The van der Waals surface area contributed by atoms with Crippen molar-refractivity contribution in [3.63, 3.8) is 0 Å². The van der Waals surface area contributed by atoms with Crippen molar-refractivity contribution in [2.45, 2.75) is 166 Å². The lowest BCUT2D eigenvalue weighted by atomic mass is 9.75. The lowest BCUT2D eigenvalue weighted by Crippen LogP contribution is -2.14. The van der Waals surface area contributed by atoms with Gasteiger partial charge in [0.25, 0.3) is 0 Å². The Bertz CT molecular complexity index is 3660. The number of rotatable bonds is 1. The summed E-state index contributed by atoms with van der Waals surface area (Å²) < 4.78 is 0. The molecule has 4 aliphatic rings. The Balaban J connectivity index is 1.26. The third-order valence-electron chi connectivity index (χ3n) is 17.1. The zero-order valence-electron chi connectivity index (χ0n) is 47.2. The van der Waals surface area contributed by atoms with Gasteiger partial charge in [-0.3, -0.25) is 0 Å². The van der Waals surface area contributed by atoms with Crippen LogP contribution in [0.15, 0.2) is 137 Å². The van der Waals surface area contributed by atoms with E-state index in [0.29, 0.717) is 5.92 Å². The molecule has 0 heteroatoms. The molecule has 0 aliphatic heterocycles. The summed E-state index contributed by atoms with van der Waals surface area (Å²) in [4.78, 5) is 0. The molecule has 72 heavy (non-hydrogen) atoms. The molecule has 7 aromatic rings. The first kappa shape index (κ1) is 48.5. The third kappa shape index (κ3) is 8.10. The van der Waals surface area contributed by atoms with Gasteiger partial charge in [0.2, 0.25) is 0 Å². The summed E-state index contributed by atoms with van der Waals surface area (Å²) in [5.41, 5.74) is 24.2. The minimum absolute atomic E-state index is 0.0122. The molecule has 0 amide bonds. The number of fused-ring (bicyclic) bond motifs is 14. The number of hydrogen-bond acceptors (Lipinski definition) is 0.